The van der Waals surface area contributed by atoms with Gasteiger partial charge in [0.25, 0.3) is 0 Å². The predicted molar refractivity (Wildman–Crippen MR) is 135 cm³/mol. The molecule has 0 saturated carbocycles. The lowest BCUT2D eigenvalue weighted by Gasteiger charge is -2.09. The molecule has 34 heavy (non-hydrogen) atoms. The van der Waals surface area contributed by atoms with Gasteiger partial charge in [0.15, 0.2) is 11.5 Å². The van der Waals surface area contributed by atoms with E-state index in [1.165, 1.54) is 6.33 Å². The summed E-state index contributed by atoms with van der Waals surface area (Å²) in [6, 6.07) is 33.1. The van der Waals surface area contributed by atoms with Crippen LogP contribution in [0, 0.1) is 0 Å². The molecule has 160 valence electrons. The zero-order chi connectivity index (χ0) is 22.5. The van der Waals surface area contributed by atoms with Crippen molar-refractivity contribution in [3.63, 3.8) is 0 Å². The predicted octanol–water partition coefficient (Wildman–Crippen LogP) is 7.05. The quantitative estimate of drug-likeness (QED) is 0.297. The second-order valence-electron chi connectivity index (χ2n) is 8.20. The second-order valence-corrected chi connectivity index (χ2v) is 8.20. The van der Waals surface area contributed by atoms with E-state index in [9.17, 15) is 0 Å². The molecule has 0 fully saturated rings. The summed E-state index contributed by atoms with van der Waals surface area (Å²) < 4.78 is 8.59. The van der Waals surface area contributed by atoms with E-state index in [0.717, 1.165) is 55.7 Å². The summed E-state index contributed by atoms with van der Waals surface area (Å²) in [4.78, 5) is 13.6. The van der Waals surface area contributed by atoms with Gasteiger partial charge >= 0.3 is 0 Å². The fraction of sp³-hybridized carbons (Fsp3) is 0. The highest BCUT2D eigenvalue weighted by Gasteiger charge is 2.20. The highest BCUT2D eigenvalue weighted by Crippen LogP contribution is 2.38. The third-order valence-electron chi connectivity index (χ3n) is 6.20. The van der Waals surface area contributed by atoms with Crippen molar-refractivity contribution in [2.75, 3.05) is 0 Å². The first kappa shape index (κ1) is 18.8. The molecule has 5 nitrogen and oxygen atoms in total. The van der Waals surface area contributed by atoms with Gasteiger partial charge in [-0.1, -0.05) is 66.7 Å². The summed E-state index contributed by atoms with van der Waals surface area (Å²) in [5.74, 6) is 0.773. The second kappa shape index (κ2) is 7.39. The number of para-hydroxylation sites is 2. The summed E-state index contributed by atoms with van der Waals surface area (Å²) >= 11 is 0. The minimum Gasteiger partial charge on any atom is -0.455 e. The number of hydrogen-bond acceptors (Lipinski definition) is 4. The van der Waals surface area contributed by atoms with Crippen molar-refractivity contribution in [3.8, 4) is 28.2 Å². The third kappa shape index (κ3) is 2.84. The highest BCUT2D eigenvalue weighted by molar-refractivity contribution is 6.10. The van der Waals surface area contributed by atoms with Crippen molar-refractivity contribution in [1.29, 1.82) is 0 Å². The number of imidazole rings is 1. The van der Waals surface area contributed by atoms with Crippen LogP contribution >= 0.6 is 0 Å². The molecule has 0 aliphatic heterocycles. The zero-order valence-corrected chi connectivity index (χ0v) is 18.1. The van der Waals surface area contributed by atoms with Crippen molar-refractivity contribution >= 4 is 33.1 Å². The van der Waals surface area contributed by atoms with Crippen LogP contribution in [-0.4, -0.2) is 19.5 Å². The zero-order valence-electron chi connectivity index (χ0n) is 18.1. The van der Waals surface area contributed by atoms with E-state index in [2.05, 4.69) is 75.2 Å². The van der Waals surface area contributed by atoms with Gasteiger partial charge in [-0.2, -0.15) is 0 Å². The molecule has 0 unspecified atom stereocenters. The van der Waals surface area contributed by atoms with Crippen molar-refractivity contribution in [1.82, 2.24) is 19.5 Å². The summed E-state index contributed by atoms with van der Waals surface area (Å²) in [6.45, 7) is 0. The van der Waals surface area contributed by atoms with Gasteiger partial charge in [-0.05, 0) is 41.5 Å². The Hall–Kier alpha value is -4.77. The van der Waals surface area contributed by atoms with Crippen LogP contribution in [0.2, 0.25) is 0 Å². The molecule has 0 spiro atoms. The first-order chi connectivity index (χ1) is 16.9. The Balaban J connectivity index is 1.50. The van der Waals surface area contributed by atoms with Crippen LogP contribution in [0.25, 0.3) is 61.3 Å². The number of rotatable bonds is 3. The van der Waals surface area contributed by atoms with Gasteiger partial charge in [0.05, 0.1) is 11.8 Å². The van der Waals surface area contributed by atoms with Crippen molar-refractivity contribution in [2.45, 2.75) is 0 Å². The molecular weight excluding hydrogens is 420 g/mol. The highest BCUT2D eigenvalue weighted by atomic mass is 16.3. The molecule has 0 aliphatic rings. The first-order valence-electron chi connectivity index (χ1n) is 11.1. The van der Waals surface area contributed by atoms with E-state index in [1.54, 1.807) is 6.20 Å². The SMILES string of the molecule is c1ccc(-c2ccc3c(c2)oc2c(-c4nc5ncncc5n4-c4ccccc4)cccc23)cc1. The summed E-state index contributed by atoms with van der Waals surface area (Å²) in [5.41, 5.74) is 7.35. The fourth-order valence-corrected chi connectivity index (χ4v) is 4.63. The van der Waals surface area contributed by atoms with E-state index in [4.69, 9.17) is 9.40 Å². The van der Waals surface area contributed by atoms with E-state index < -0.39 is 0 Å². The lowest BCUT2D eigenvalue weighted by Crippen LogP contribution is -1.97. The number of benzene rings is 4. The number of fused-ring (bicyclic) bond motifs is 4. The Labute approximate surface area is 195 Å². The Morgan fingerprint density at radius 2 is 1.53 bits per heavy atom. The Kier molecular flexibility index (Phi) is 4.08. The van der Waals surface area contributed by atoms with Crippen molar-refractivity contribution in [3.05, 3.63) is 110 Å². The van der Waals surface area contributed by atoms with Crippen LogP contribution in [-0.2, 0) is 0 Å². The molecule has 0 saturated heterocycles. The van der Waals surface area contributed by atoms with E-state index in [0.29, 0.717) is 5.65 Å². The van der Waals surface area contributed by atoms with Crippen LogP contribution < -0.4 is 0 Å². The molecule has 4 aromatic carbocycles. The maximum Gasteiger partial charge on any atom is 0.181 e. The fourth-order valence-electron chi connectivity index (χ4n) is 4.63. The van der Waals surface area contributed by atoms with Crippen LogP contribution in [0.3, 0.4) is 0 Å². The van der Waals surface area contributed by atoms with Gasteiger partial charge in [-0.15, -0.1) is 0 Å². The molecule has 3 heterocycles. The lowest BCUT2D eigenvalue weighted by molar-refractivity contribution is 0.669. The molecule has 5 heteroatoms. The average molecular weight is 438 g/mol. The molecule has 0 radical (unpaired) electrons. The minimum absolute atomic E-state index is 0.647. The summed E-state index contributed by atoms with van der Waals surface area (Å²) in [6.07, 6.45) is 3.33. The number of nitrogens with zero attached hydrogens (tertiary/aromatic N) is 4. The Morgan fingerprint density at radius 1 is 0.706 bits per heavy atom. The van der Waals surface area contributed by atoms with Gasteiger partial charge in [0, 0.05) is 16.5 Å². The molecule has 7 aromatic rings. The maximum atomic E-state index is 6.50. The van der Waals surface area contributed by atoms with Gasteiger partial charge in [0.2, 0.25) is 0 Å². The first-order valence-corrected chi connectivity index (χ1v) is 11.1. The van der Waals surface area contributed by atoms with E-state index in [-0.39, 0.29) is 0 Å². The number of hydrogen-bond donors (Lipinski definition) is 0. The van der Waals surface area contributed by atoms with Crippen molar-refractivity contribution < 1.29 is 4.42 Å². The normalized spacial score (nSPS) is 11.5. The standard InChI is InChI=1S/C29H18N4O/c1-3-8-19(9-4-1)20-14-15-22-23-12-7-13-24(27(23)34-26(22)16-20)29-32-28-25(17-30-18-31-28)33(29)21-10-5-2-6-11-21/h1-18H. The van der Waals surface area contributed by atoms with Crippen LogP contribution in [0.5, 0.6) is 0 Å². The van der Waals surface area contributed by atoms with Gasteiger partial charge < -0.3 is 4.42 Å². The maximum absolute atomic E-state index is 6.50. The Morgan fingerprint density at radius 3 is 2.38 bits per heavy atom. The van der Waals surface area contributed by atoms with Crippen LogP contribution in [0.15, 0.2) is 114 Å². The molecule has 3 aromatic heterocycles. The largest absolute Gasteiger partial charge is 0.455 e. The van der Waals surface area contributed by atoms with Crippen LogP contribution in [0.1, 0.15) is 0 Å². The summed E-state index contributed by atoms with van der Waals surface area (Å²) in [5, 5.41) is 2.14. The van der Waals surface area contributed by atoms with Gasteiger partial charge in [-0.25, -0.2) is 15.0 Å². The van der Waals surface area contributed by atoms with Crippen LogP contribution in [0.4, 0.5) is 0 Å². The monoisotopic (exact) mass is 438 g/mol. The molecular formula is C29H18N4O. The van der Waals surface area contributed by atoms with Crippen molar-refractivity contribution in [2.24, 2.45) is 0 Å². The molecule has 0 amide bonds. The summed E-state index contributed by atoms with van der Waals surface area (Å²) in [7, 11) is 0. The molecule has 7 rings (SSSR count). The topological polar surface area (TPSA) is 56.7 Å². The van der Waals surface area contributed by atoms with E-state index >= 15 is 0 Å². The van der Waals surface area contributed by atoms with Gasteiger partial charge in [0.1, 0.15) is 23.0 Å². The molecule has 0 aliphatic carbocycles. The average Bonchev–Trinajstić information content (AvgIpc) is 3.48. The third-order valence-corrected chi connectivity index (χ3v) is 6.20. The molecule has 0 atom stereocenters. The smallest absolute Gasteiger partial charge is 0.181 e. The van der Waals surface area contributed by atoms with E-state index in [1.807, 2.05) is 36.4 Å². The minimum atomic E-state index is 0.647. The Bertz CT molecular complexity index is 1800. The number of furan rings is 1. The lowest BCUT2D eigenvalue weighted by atomic mass is 10.0. The van der Waals surface area contributed by atoms with Gasteiger partial charge in [-0.3, -0.25) is 4.57 Å². The molecule has 0 bridgehead atoms. The molecule has 0 N–H and O–H groups in total. The number of aromatic nitrogens is 4.